The van der Waals surface area contributed by atoms with Crippen LogP contribution in [0.2, 0.25) is 0 Å². The summed E-state index contributed by atoms with van der Waals surface area (Å²) < 4.78 is 5.19. The molecule has 1 aromatic rings. The van der Waals surface area contributed by atoms with Gasteiger partial charge in [0.15, 0.2) is 0 Å². The van der Waals surface area contributed by atoms with E-state index in [1.165, 1.54) is 18.2 Å². The molecular weight excluding hydrogens is 308 g/mol. The van der Waals surface area contributed by atoms with Crippen molar-refractivity contribution < 1.29 is 40.2 Å². The summed E-state index contributed by atoms with van der Waals surface area (Å²) >= 11 is 0. The highest BCUT2D eigenvalue weighted by Crippen LogP contribution is 2.37. The van der Waals surface area contributed by atoms with Crippen molar-refractivity contribution in [3.8, 4) is 5.75 Å². The second-order valence-corrected chi connectivity index (χ2v) is 5.63. The molecular formula is C15H20O8. The van der Waals surface area contributed by atoms with E-state index in [1.807, 2.05) is 0 Å². The van der Waals surface area contributed by atoms with Crippen LogP contribution in [0.1, 0.15) is 17.5 Å². The lowest BCUT2D eigenvalue weighted by molar-refractivity contribution is -0.245. The number of aliphatic hydroxyl groups excluding tert-OH is 3. The molecule has 0 bridgehead atoms. The minimum Gasteiger partial charge on any atom is -0.508 e. The molecule has 1 saturated heterocycles. The van der Waals surface area contributed by atoms with Gasteiger partial charge in [0.05, 0.1) is 13.2 Å². The van der Waals surface area contributed by atoms with Crippen molar-refractivity contribution >= 4 is 5.97 Å². The average Bonchev–Trinajstić information content (AvgIpc) is 2.51. The smallest absolute Gasteiger partial charge is 0.303 e. The van der Waals surface area contributed by atoms with Crippen molar-refractivity contribution in [3.63, 3.8) is 0 Å². The molecule has 1 heterocycles. The van der Waals surface area contributed by atoms with Gasteiger partial charge < -0.3 is 35.4 Å². The lowest BCUT2D eigenvalue weighted by Crippen LogP contribution is -2.60. The molecule has 6 N–H and O–H groups in total. The van der Waals surface area contributed by atoms with E-state index in [0.717, 1.165) is 0 Å². The molecule has 1 aromatic carbocycles. The number of hydrogen-bond donors (Lipinski definition) is 6. The van der Waals surface area contributed by atoms with Crippen LogP contribution in [-0.4, -0.2) is 68.1 Å². The van der Waals surface area contributed by atoms with Crippen LogP contribution in [0.4, 0.5) is 0 Å². The standard InChI is InChI=1S/C15H20O8/c16-6-11-13(20)14(21)15(22,7-23-11)10-5-9(17)3-1-8(10)2-4-12(18)19/h1,3,5,11,13-14,16-17,20-22H,2,4,6-7H2,(H,18,19)/t11-,13-,14+,15+/m1/s1. The third kappa shape index (κ3) is 3.46. The Morgan fingerprint density at radius 1 is 1.35 bits per heavy atom. The maximum absolute atomic E-state index is 10.8. The Labute approximate surface area is 132 Å². The van der Waals surface area contributed by atoms with Gasteiger partial charge in [-0.05, 0) is 29.7 Å². The summed E-state index contributed by atoms with van der Waals surface area (Å²) in [5, 5.41) is 58.5. The number of phenols is 1. The van der Waals surface area contributed by atoms with Crippen LogP contribution < -0.4 is 0 Å². The fourth-order valence-electron chi connectivity index (χ4n) is 2.73. The van der Waals surface area contributed by atoms with Crippen LogP contribution in [0.3, 0.4) is 0 Å². The van der Waals surface area contributed by atoms with Crippen molar-refractivity contribution in [1.29, 1.82) is 0 Å². The van der Waals surface area contributed by atoms with E-state index < -0.39 is 43.1 Å². The number of ether oxygens (including phenoxy) is 1. The summed E-state index contributed by atoms with van der Waals surface area (Å²) in [6.45, 7) is -0.944. The first-order valence-corrected chi connectivity index (χ1v) is 7.14. The molecule has 1 fully saturated rings. The summed E-state index contributed by atoms with van der Waals surface area (Å²) in [4.78, 5) is 10.8. The Morgan fingerprint density at radius 3 is 2.65 bits per heavy atom. The fraction of sp³-hybridized carbons (Fsp3) is 0.533. The first-order valence-electron chi connectivity index (χ1n) is 7.14. The van der Waals surface area contributed by atoms with Crippen molar-refractivity contribution in [2.45, 2.75) is 36.8 Å². The number of aryl methyl sites for hydroxylation is 1. The number of carboxylic acids is 1. The van der Waals surface area contributed by atoms with E-state index in [2.05, 4.69) is 0 Å². The molecule has 0 radical (unpaired) electrons. The number of carboxylic acid groups (broad SMARTS) is 1. The minimum absolute atomic E-state index is 0.0689. The molecule has 8 heteroatoms. The lowest BCUT2D eigenvalue weighted by Gasteiger charge is -2.44. The molecule has 1 aliphatic rings. The molecule has 128 valence electrons. The third-order valence-electron chi connectivity index (χ3n) is 4.06. The average molecular weight is 328 g/mol. The molecule has 0 aliphatic carbocycles. The summed E-state index contributed by atoms with van der Waals surface area (Å²) in [5.74, 6) is -1.21. The van der Waals surface area contributed by atoms with Crippen LogP contribution in [-0.2, 0) is 21.6 Å². The SMILES string of the molecule is O=C(O)CCc1ccc(O)cc1[C@@]1(O)CO[C@H](CO)[C@@H](O)[C@@H]1O. The summed E-state index contributed by atoms with van der Waals surface area (Å²) in [7, 11) is 0. The highest BCUT2D eigenvalue weighted by atomic mass is 16.5. The Kier molecular flexibility index (Phi) is 5.23. The molecule has 0 spiro atoms. The second-order valence-electron chi connectivity index (χ2n) is 5.63. The fourth-order valence-corrected chi connectivity index (χ4v) is 2.73. The van der Waals surface area contributed by atoms with E-state index in [0.29, 0.717) is 5.56 Å². The maximum Gasteiger partial charge on any atom is 0.303 e. The summed E-state index contributed by atoms with van der Waals surface area (Å²) in [5.41, 5.74) is -1.54. The molecule has 8 nitrogen and oxygen atoms in total. The molecule has 2 rings (SSSR count). The topological polar surface area (TPSA) is 148 Å². The van der Waals surface area contributed by atoms with Gasteiger partial charge in [-0.2, -0.15) is 0 Å². The predicted octanol–water partition coefficient (Wildman–Crippen LogP) is -1.29. The van der Waals surface area contributed by atoms with Crippen LogP contribution in [0, 0.1) is 0 Å². The first-order chi connectivity index (χ1) is 10.8. The number of rotatable bonds is 5. The van der Waals surface area contributed by atoms with E-state index in [1.54, 1.807) is 0 Å². The quantitative estimate of drug-likeness (QED) is 0.391. The molecule has 0 amide bonds. The minimum atomic E-state index is -2.03. The Balaban J connectivity index is 2.38. The van der Waals surface area contributed by atoms with Crippen LogP contribution in [0.5, 0.6) is 5.75 Å². The van der Waals surface area contributed by atoms with E-state index >= 15 is 0 Å². The zero-order chi connectivity index (χ0) is 17.2. The van der Waals surface area contributed by atoms with Gasteiger partial charge in [-0.15, -0.1) is 0 Å². The zero-order valence-corrected chi connectivity index (χ0v) is 12.3. The Morgan fingerprint density at radius 2 is 2.04 bits per heavy atom. The van der Waals surface area contributed by atoms with Crippen LogP contribution >= 0.6 is 0 Å². The number of aromatic hydroxyl groups is 1. The van der Waals surface area contributed by atoms with Gasteiger partial charge in [-0.1, -0.05) is 6.07 Å². The Bertz CT molecular complexity index is 575. The van der Waals surface area contributed by atoms with Gasteiger partial charge >= 0.3 is 5.97 Å². The largest absolute Gasteiger partial charge is 0.508 e. The number of hydrogen-bond acceptors (Lipinski definition) is 7. The van der Waals surface area contributed by atoms with Crippen LogP contribution in [0.15, 0.2) is 18.2 Å². The van der Waals surface area contributed by atoms with Crippen molar-refractivity contribution in [3.05, 3.63) is 29.3 Å². The maximum atomic E-state index is 10.8. The monoisotopic (exact) mass is 328 g/mol. The molecule has 0 saturated carbocycles. The molecule has 0 unspecified atom stereocenters. The second kappa shape index (κ2) is 6.81. The normalized spacial score (nSPS) is 31.0. The number of benzene rings is 1. The zero-order valence-electron chi connectivity index (χ0n) is 12.3. The third-order valence-corrected chi connectivity index (χ3v) is 4.06. The van der Waals surface area contributed by atoms with Gasteiger partial charge in [0.25, 0.3) is 0 Å². The molecule has 23 heavy (non-hydrogen) atoms. The van der Waals surface area contributed by atoms with Gasteiger partial charge in [-0.25, -0.2) is 0 Å². The molecule has 0 aromatic heterocycles. The highest BCUT2D eigenvalue weighted by Gasteiger charge is 2.50. The number of aliphatic carboxylic acids is 1. The van der Waals surface area contributed by atoms with Crippen LogP contribution in [0.25, 0.3) is 0 Å². The first kappa shape index (κ1) is 17.6. The molecule has 1 aliphatic heterocycles. The number of aliphatic hydroxyl groups is 4. The van der Waals surface area contributed by atoms with Crippen molar-refractivity contribution in [1.82, 2.24) is 0 Å². The summed E-state index contributed by atoms with van der Waals surface area (Å²) in [6.07, 6.45) is -4.37. The Hall–Kier alpha value is -1.71. The van der Waals surface area contributed by atoms with E-state index in [-0.39, 0.29) is 24.2 Å². The van der Waals surface area contributed by atoms with Crippen molar-refractivity contribution in [2.24, 2.45) is 0 Å². The predicted molar refractivity (Wildman–Crippen MR) is 76.8 cm³/mol. The highest BCUT2D eigenvalue weighted by molar-refractivity contribution is 5.67. The van der Waals surface area contributed by atoms with Gasteiger partial charge in [0.1, 0.15) is 29.7 Å². The number of phenolic OH excluding ortho intramolecular Hbond substituents is 1. The summed E-state index contributed by atoms with van der Waals surface area (Å²) in [6, 6.07) is 3.99. The molecule has 4 atom stereocenters. The van der Waals surface area contributed by atoms with E-state index in [4.69, 9.17) is 14.9 Å². The lowest BCUT2D eigenvalue weighted by atomic mass is 9.79. The van der Waals surface area contributed by atoms with Gasteiger partial charge in [0.2, 0.25) is 0 Å². The van der Waals surface area contributed by atoms with Gasteiger partial charge in [-0.3, -0.25) is 4.79 Å². The van der Waals surface area contributed by atoms with E-state index in [9.17, 15) is 25.2 Å². The van der Waals surface area contributed by atoms with Gasteiger partial charge in [0, 0.05) is 6.42 Å². The van der Waals surface area contributed by atoms with Crippen molar-refractivity contribution in [2.75, 3.05) is 13.2 Å². The number of carbonyl (C=O) groups is 1.